The van der Waals surface area contributed by atoms with Gasteiger partial charge in [-0.25, -0.2) is 4.79 Å². The average molecular weight is 281 g/mol. The summed E-state index contributed by atoms with van der Waals surface area (Å²) in [6.07, 6.45) is 2.64. The van der Waals surface area contributed by atoms with Crippen LogP contribution in [0, 0.1) is 5.41 Å². The number of rotatable bonds is 5. The molecule has 110 valence electrons. The Balaban J connectivity index is 1.96. The molecule has 20 heavy (non-hydrogen) atoms. The molecule has 0 radical (unpaired) electrons. The van der Waals surface area contributed by atoms with Crippen molar-refractivity contribution in [3.05, 3.63) is 0 Å². The van der Waals surface area contributed by atoms with Crippen molar-refractivity contribution in [3.63, 3.8) is 0 Å². The van der Waals surface area contributed by atoms with Gasteiger partial charge in [-0.2, -0.15) is 0 Å². The molecule has 0 aromatic rings. The van der Waals surface area contributed by atoms with E-state index in [4.69, 9.17) is 0 Å². The van der Waals surface area contributed by atoms with Crippen molar-refractivity contribution in [1.29, 1.82) is 0 Å². The lowest BCUT2D eigenvalue weighted by atomic mass is 9.66. The maximum Gasteiger partial charge on any atom is 0.330 e. The van der Waals surface area contributed by atoms with Gasteiger partial charge in [0, 0.05) is 19.5 Å². The average Bonchev–Trinajstić information content (AvgIpc) is 2.34. The van der Waals surface area contributed by atoms with Gasteiger partial charge in [0.15, 0.2) is 0 Å². The number of barbiturate groups is 1. The number of urea groups is 1. The molecule has 1 saturated heterocycles. The van der Waals surface area contributed by atoms with E-state index >= 15 is 0 Å². The summed E-state index contributed by atoms with van der Waals surface area (Å²) in [6, 6.07) is -0.721. The lowest BCUT2D eigenvalue weighted by molar-refractivity contribution is -0.157. The van der Waals surface area contributed by atoms with Crippen molar-refractivity contribution in [3.8, 4) is 0 Å². The number of carbonyl (C=O) groups is 4. The van der Waals surface area contributed by atoms with Gasteiger partial charge in [-0.15, -0.1) is 0 Å². The minimum absolute atomic E-state index is 0.00917. The summed E-state index contributed by atoms with van der Waals surface area (Å²) in [6.45, 7) is 2.52. The Morgan fingerprint density at radius 3 is 2.60 bits per heavy atom. The normalized spacial score (nSPS) is 20.6. The van der Waals surface area contributed by atoms with E-state index in [9.17, 15) is 19.2 Å². The molecule has 2 rings (SSSR count). The molecule has 2 N–H and O–H groups in total. The molecular weight excluding hydrogens is 262 g/mol. The van der Waals surface area contributed by atoms with Crippen molar-refractivity contribution < 1.29 is 19.2 Å². The van der Waals surface area contributed by atoms with Gasteiger partial charge in [-0.05, 0) is 19.3 Å². The Kier molecular flexibility index (Phi) is 4.06. The SMILES string of the molecule is CCCNC(=O)CCN1C(=O)NC(=O)C2(CCC2)C1=O. The fourth-order valence-electron chi connectivity index (χ4n) is 2.47. The predicted molar refractivity (Wildman–Crippen MR) is 69.5 cm³/mol. The van der Waals surface area contributed by atoms with E-state index in [-0.39, 0.29) is 18.9 Å². The lowest BCUT2D eigenvalue weighted by Crippen LogP contribution is -2.66. The first kappa shape index (κ1) is 14.5. The standard InChI is InChI=1S/C13H19N3O4/c1-2-7-14-9(17)4-8-16-11(19)13(5-3-6-13)10(18)15-12(16)20/h2-8H2,1H3,(H,14,17)(H,15,18,20). The van der Waals surface area contributed by atoms with Crippen molar-refractivity contribution in [2.24, 2.45) is 5.41 Å². The summed E-state index contributed by atoms with van der Waals surface area (Å²) in [5.41, 5.74) is -1.06. The minimum Gasteiger partial charge on any atom is -0.356 e. The zero-order valence-corrected chi connectivity index (χ0v) is 11.5. The number of hydrogen-bond donors (Lipinski definition) is 2. The monoisotopic (exact) mass is 281 g/mol. The second-order valence-electron chi connectivity index (χ2n) is 5.25. The van der Waals surface area contributed by atoms with Gasteiger partial charge in [-0.3, -0.25) is 24.6 Å². The quantitative estimate of drug-likeness (QED) is 0.701. The van der Waals surface area contributed by atoms with Crippen LogP contribution < -0.4 is 10.6 Å². The van der Waals surface area contributed by atoms with E-state index in [0.717, 1.165) is 17.7 Å². The highest BCUT2D eigenvalue weighted by atomic mass is 16.2. The van der Waals surface area contributed by atoms with E-state index in [2.05, 4.69) is 10.6 Å². The van der Waals surface area contributed by atoms with Crippen LogP contribution >= 0.6 is 0 Å². The molecule has 0 aromatic heterocycles. The fourth-order valence-corrected chi connectivity index (χ4v) is 2.47. The number of nitrogens with one attached hydrogen (secondary N) is 2. The Morgan fingerprint density at radius 1 is 1.35 bits per heavy atom. The molecule has 7 nitrogen and oxygen atoms in total. The van der Waals surface area contributed by atoms with Crippen molar-refractivity contribution in [2.75, 3.05) is 13.1 Å². The van der Waals surface area contributed by atoms with Crippen LogP contribution in [0.25, 0.3) is 0 Å². The third kappa shape index (κ3) is 2.39. The van der Waals surface area contributed by atoms with Crippen LogP contribution in [-0.4, -0.2) is 41.7 Å². The molecule has 0 aromatic carbocycles. The minimum atomic E-state index is -1.06. The van der Waals surface area contributed by atoms with Crippen molar-refractivity contribution >= 4 is 23.8 Å². The molecule has 7 heteroatoms. The highest BCUT2D eigenvalue weighted by Gasteiger charge is 2.57. The van der Waals surface area contributed by atoms with Gasteiger partial charge >= 0.3 is 6.03 Å². The molecule has 2 fully saturated rings. The third-order valence-electron chi connectivity index (χ3n) is 3.90. The van der Waals surface area contributed by atoms with Crippen LogP contribution in [-0.2, 0) is 14.4 Å². The van der Waals surface area contributed by atoms with Crippen LogP contribution in [0.4, 0.5) is 4.79 Å². The van der Waals surface area contributed by atoms with E-state index in [1.165, 1.54) is 0 Å². The van der Waals surface area contributed by atoms with Gasteiger partial charge in [0.05, 0.1) is 0 Å². The summed E-state index contributed by atoms with van der Waals surface area (Å²) in [7, 11) is 0. The maximum atomic E-state index is 12.3. The number of nitrogens with zero attached hydrogens (tertiary/aromatic N) is 1. The van der Waals surface area contributed by atoms with Gasteiger partial charge in [0.2, 0.25) is 17.7 Å². The summed E-state index contributed by atoms with van der Waals surface area (Å²) in [4.78, 5) is 48.3. The summed E-state index contributed by atoms with van der Waals surface area (Å²) >= 11 is 0. The Hall–Kier alpha value is -1.92. The second kappa shape index (κ2) is 5.60. The van der Waals surface area contributed by atoms with Crippen LogP contribution in [0.2, 0.25) is 0 Å². The Morgan fingerprint density at radius 2 is 2.05 bits per heavy atom. The molecule has 2 aliphatic rings. The first-order chi connectivity index (χ1) is 9.51. The van der Waals surface area contributed by atoms with Gasteiger partial charge in [0.25, 0.3) is 0 Å². The zero-order chi connectivity index (χ0) is 14.8. The fraction of sp³-hybridized carbons (Fsp3) is 0.692. The van der Waals surface area contributed by atoms with E-state index in [1.807, 2.05) is 6.92 Å². The highest BCUT2D eigenvalue weighted by molar-refractivity contribution is 6.19. The molecular formula is C13H19N3O4. The van der Waals surface area contributed by atoms with Crippen molar-refractivity contribution in [2.45, 2.75) is 39.0 Å². The maximum absolute atomic E-state index is 12.3. The van der Waals surface area contributed by atoms with E-state index in [0.29, 0.717) is 19.4 Å². The number of carbonyl (C=O) groups excluding carboxylic acids is 4. The van der Waals surface area contributed by atoms with Crippen molar-refractivity contribution in [1.82, 2.24) is 15.5 Å². The summed E-state index contributed by atoms with van der Waals surface area (Å²) < 4.78 is 0. The summed E-state index contributed by atoms with van der Waals surface area (Å²) in [5, 5.41) is 4.90. The van der Waals surface area contributed by atoms with E-state index in [1.54, 1.807) is 0 Å². The van der Waals surface area contributed by atoms with Gasteiger partial charge in [0.1, 0.15) is 5.41 Å². The molecule has 0 atom stereocenters. The van der Waals surface area contributed by atoms with Gasteiger partial charge < -0.3 is 5.32 Å². The molecule has 0 bridgehead atoms. The second-order valence-corrected chi connectivity index (χ2v) is 5.25. The van der Waals surface area contributed by atoms with Crippen LogP contribution in [0.1, 0.15) is 39.0 Å². The predicted octanol–water partition coefficient (Wildman–Crippen LogP) is 0.151. The van der Waals surface area contributed by atoms with Crippen LogP contribution in [0.3, 0.4) is 0 Å². The number of amides is 5. The first-order valence-corrected chi connectivity index (χ1v) is 6.95. The smallest absolute Gasteiger partial charge is 0.330 e. The number of hydrogen-bond acceptors (Lipinski definition) is 4. The third-order valence-corrected chi connectivity index (χ3v) is 3.90. The Labute approximate surface area is 117 Å². The largest absolute Gasteiger partial charge is 0.356 e. The van der Waals surface area contributed by atoms with Gasteiger partial charge in [-0.1, -0.05) is 13.3 Å². The molecule has 1 aliphatic carbocycles. The lowest BCUT2D eigenvalue weighted by Gasteiger charge is -2.44. The molecule has 1 spiro atoms. The first-order valence-electron chi connectivity index (χ1n) is 6.95. The Bertz CT molecular complexity index is 457. The van der Waals surface area contributed by atoms with Crippen LogP contribution in [0.5, 0.6) is 0 Å². The molecule has 1 aliphatic heterocycles. The topological polar surface area (TPSA) is 95.6 Å². The molecule has 1 heterocycles. The van der Waals surface area contributed by atoms with E-state index < -0.39 is 23.3 Å². The zero-order valence-electron chi connectivity index (χ0n) is 11.5. The van der Waals surface area contributed by atoms with Crippen LogP contribution in [0.15, 0.2) is 0 Å². The highest BCUT2D eigenvalue weighted by Crippen LogP contribution is 2.44. The summed E-state index contributed by atoms with van der Waals surface area (Å²) in [5.74, 6) is -1.15. The molecule has 5 amide bonds. The number of imide groups is 2. The molecule has 1 saturated carbocycles. The molecule has 0 unspecified atom stereocenters.